The third-order valence-electron chi connectivity index (χ3n) is 22.3. The van der Waals surface area contributed by atoms with Crippen LogP contribution < -0.4 is 0 Å². The predicted molar refractivity (Wildman–Crippen MR) is 499 cm³/mol. The molecule has 0 radical (unpaired) electrons. The van der Waals surface area contributed by atoms with Gasteiger partial charge in [0.15, 0.2) is 33.5 Å². The van der Waals surface area contributed by atoms with Crippen molar-refractivity contribution in [1.82, 2.24) is 13.7 Å². The molecule has 0 spiro atoms. The second kappa shape index (κ2) is 23.3. The van der Waals surface area contributed by atoms with Gasteiger partial charge >= 0.3 is 0 Å². The minimum atomic E-state index is 1.05. The lowest BCUT2D eigenvalue weighted by atomic mass is 10.2. The number of aryl methyl sites for hydroxylation is 9. The van der Waals surface area contributed by atoms with Crippen LogP contribution in [0.15, 0.2) is 195 Å². The number of thiophene rings is 12. The summed E-state index contributed by atoms with van der Waals surface area (Å²) in [6.45, 7) is 19.5. The van der Waals surface area contributed by atoms with E-state index in [1.165, 1.54) is 245 Å². The molecule has 534 valence electrons. The molecule has 0 aliphatic heterocycles. The van der Waals surface area contributed by atoms with Crippen LogP contribution in [-0.4, -0.2) is 13.7 Å². The molecule has 0 amide bonds. The van der Waals surface area contributed by atoms with E-state index in [4.69, 9.17) is 13.3 Å². The van der Waals surface area contributed by atoms with Crippen LogP contribution in [0.4, 0.5) is 0 Å². The molecule has 0 unspecified atom stereocenters. The van der Waals surface area contributed by atoms with Gasteiger partial charge < -0.3 is 27.0 Å². The van der Waals surface area contributed by atoms with E-state index in [0.717, 1.165) is 33.5 Å². The van der Waals surface area contributed by atoms with Crippen LogP contribution in [0.5, 0.6) is 0 Å². The van der Waals surface area contributed by atoms with E-state index in [2.05, 4.69) is 258 Å². The number of fused-ring (bicyclic) bond motifs is 39. The molecule has 18 heterocycles. The van der Waals surface area contributed by atoms with Gasteiger partial charge in [0.05, 0.1) is 127 Å². The Balaban J connectivity index is 0.0000000947. The van der Waals surface area contributed by atoms with Gasteiger partial charge in [0, 0.05) is 68.2 Å². The van der Waals surface area contributed by atoms with Crippen molar-refractivity contribution in [3.8, 4) is 17.1 Å². The fraction of sp³-hybridized carbons (Fsp3) is 0.0968. The standard InChI is InChI=1S/3C31H19NOS4/c2*1-14-4-8-17(9-5-14)32-20-12-15(2)6-10-18(20)25-22(32)26-30(35-25)31-29(36-26)24-28(37-31)27-23(33-24)19-11-7-16(3)13-21(19)34-27;1-14-4-8-17(9-5-14)32-22-18-10-6-15(2)12-20(18)34-26(22)27-23(32)28-30(36-27)25-31(37-28)29-24(33-25)19-11-7-16(3)13-21(19)35-29/h3*4-13H,1-3H3. The number of rotatable bonds is 3. The zero-order valence-corrected chi connectivity index (χ0v) is 70.6. The molecule has 0 atom stereocenters. The van der Waals surface area contributed by atoms with E-state index < -0.39 is 0 Å². The molecule has 18 heteroatoms. The Morgan fingerprint density at radius 3 is 0.802 bits per heavy atom. The second-order valence-corrected chi connectivity index (χ2v) is 42.4. The Morgan fingerprint density at radius 2 is 0.414 bits per heavy atom. The summed E-state index contributed by atoms with van der Waals surface area (Å²) in [7, 11) is 0. The van der Waals surface area contributed by atoms with Crippen molar-refractivity contribution >= 4 is 348 Å². The van der Waals surface area contributed by atoms with Gasteiger partial charge in [-0.2, -0.15) is 0 Å². The number of hydrogen-bond donors (Lipinski definition) is 0. The highest BCUT2D eigenvalue weighted by Crippen LogP contribution is 2.60. The lowest BCUT2D eigenvalue weighted by Gasteiger charge is -2.08. The summed E-state index contributed by atoms with van der Waals surface area (Å²) in [5.74, 6) is 0. The number of aromatic nitrogens is 3. The molecule has 27 rings (SSSR count). The Morgan fingerprint density at radius 1 is 0.180 bits per heavy atom. The Labute approximate surface area is 679 Å². The first kappa shape index (κ1) is 65.1. The number of benzene rings is 9. The van der Waals surface area contributed by atoms with E-state index in [0.29, 0.717) is 0 Å². The monoisotopic (exact) mass is 1650 g/mol. The zero-order chi connectivity index (χ0) is 73.7. The molecule has 0 fully saturated rings. The van der Waals surface area contributed by atoms with E-state index >= 15 is 0 Å². The van der Waals surface area contributed by atoms with Gasteiger partial charge in [0.25, 0.3) is 0 Å². The number of hydrogen-bond acceptors (Lipinski definition) is 15. The van der Waals surface area contributed by atoms with Crippen molar-refractivity contribution in [2.75, 3.05) is 0 Å². The molecule has 6 nitrogen and oxygen atoms in total. The van der Waals surface area contributed by atoms with Crippen LogP contribution in [-0.2, 0) is 0 Å². The summed E-state index contributed by atoms with van der Waals surface area (Å²) in [5, 5.41) is 7.71. The smallest absolute Gasteiger partial charge is 0.165 e. The summed E-state index contributed by atoms with van der Waals surface area (Å²) in [6, 6.07) is 67.5. The normalized spacial score (nSPS) is 12.7. The second-order valence-electron chi connectivity index (χ2n) is 30.0. The molecular weight excluding hydrogens is 1590 g/mol. The maximum atomic E-state index is 6.67. The predicted octanol–water partition coefficient (Wildman–Crippen LogP) is 33.9. The first-order chi connectivity index (χ1) is 54.1. The van der Waals surface area contributed by atoms with Crippen molar-refractivity contribution in [2.45, 2.75) is 62.3 Å². The van der Waals surface area contributed by atoms with Crippen LogP contribution in [0.25, 0.3) is 229 Å². The maximum absolute atomic E-state index is 6.67. The quantitative estimate of drug-likeness (QED) is 0.177. The largest absolute Gasteiger partial charge is 0.452 e. The van der Waals surface area contributed by atoms with Crippen LogP contribution in [0.1, 0.15) is 50.1 Å². The molecule has 111 heavy (non-hydrogen) atoms. The van der Waals surface area contributed by atoms with E-state index in [1.807, 2.05) is 136 Å². The Bertz CT molecular complexity index is 8410. The topological polar surface area (TPSA) is 54.2 Å². The summed E-state index contributed by atoms with van der Waals surface area (Å²) >= 11 is 22.8. The zero-order valence-electron chi connectivity index (χ0n) is 60.8. The molecule has 0 saturated carbocycles. The lowest BCUT2D eigenvalue weighted by Crippen LogP contribution is -1.93. The fourth-order valence-corrected chi connectivity index (χ4v) is 33.9. The highest BCUT2D eigenvalue weighted by molar-refractivity contribution is 7.46. The number of furan rings is 3. The van der Waals surface area contributed by atoms with Gasteiger partial charge in [-0.15, -0.1) is 136 Å². The van der Waals surface area contributed by atoms with Crippen LogP contribution in [0.3, 0.4) is 0 Å². The molecule has 0 aliphatic carbocycles. The average molecular weight is 1650 g/mol. The average Bonchev–Trinajstić information content (AvgIpc) is 1.53. The lowest BCUT2D eigenvalue weighted by molar-refractivity contribution is 0.678. The minimum absolute atomic E-state index is 1.05. The fourth-order valence-electron chi connectivity index (χ4n) is 17.0. The SMILES string of the molecule is Cc1ccc(-n2c3c4ccc(C)cc4sc3c3sc4c5oc6c7ccc(C)cc7sc6c5sc4c32)cc1.Cc1ccc(-n2c3cc(C)ccc3c3sc4c5sc6c(oc7c8ccc(C)cc8sc76)c5sc4c32)cc1.Cc1ccc(-n2c3cc(C)ccc3c3sc4c5sc6c(oc7c8ccc(C)cc8sc76)c5sc4c32)cc1. The number of nitrogens with zero attached hydrogens (tertiary/aromatic N) is 3. The van der Waals surface area contributed by atoms with Gasteiger partial charge in [-0.25, -0.2) is 0 Å². The molecule has 18 aromatic heterocycles. The Kier molecular flexibility index (Phi) is 13.7. The van der Waals surface area contributed by atoms with Gasteiger partial charge in [-0.1, -0.05) is 108 Å². The maximum Gasteiger partial charge on any atom is 0.165 e. The highest BCUT2D eigenvalue weighted by atomic mass is 32.1. The van der Waals surface area contributed by atoms with Gasteiger partial charge in [-0.3, -0.25) is 0 Å². The summed E-state index contributed by atoms with van der Waals surface area (Å²) in [6.07, 6.45) is 0. The summed E-state index contributed by atoms with van der Waals surface area (Å²) < 4.78 is 59.5. The van der Waals surface area contributed by atoms with Crippen molar-refractivity contribution in [2.24, 2.45) is 0 Å². The third kappa shape index (κ3) is 9.15. The minimum Gasteiger partial charge on any atom is -0.452 e. The summed E-state index contributed by atoms with van der Waals surface area (Å²) in [4.78, 5) is 0. The first-order valence-corrected chi connectivity index (χ1v) is 46.6. The molecule has 0 bridgehead atoms. The third-order valence-corrected chi connectivity index (χ3v) is 38.0. The molecule has 9 aromatic carbocycles. The van der Waals surface area contributed by atoms with E-state index in [-0.39, 0.29) is 0 Å². The van der Waals surface area contributed by atoms with Crippen molar-refractivity contribution in [3.63, 3.8) is 0 Å². The van der Waals surface area contributed by atoms with Crippen molar-refractivity contribution in [1.29, 1.82) is 0 Å². The van der Waals surface area contributed by atoms with Crippen molar-refractivity contribution < 1.29 is 13.3 Å². The van der Waals surface area contributed by atoms with Gasteiger partial charge in [0.2, 0.25) is 0 Å². The molecule has 0 saturated heterocycles. The van der Waals surface area contributed by atoms with Crippen LogP contribution >= 0.6 is 136 Å². The Hall–Kier alpha value is -9.48. The molecular formula is C93H57N3O3S12. The highest BCUT2D eigenvalue weighted by Gasteiger charge is 2.32. The first-order valence-electron chi connectivity index (χ1n) is 36.8. The van der Waals surface area contributed by atoms with Crippen molar-refractivity contribution in [3.05, 3.63) is 232 Å². The van der Waals surface area contributed by atoms with E-state index in [1.54, 1.807) is 0 Å². The van der Waals surface area contributed by atoms with Gasteiger partial charge in [-0.05, 0) is 187 Å². The molecule has 0 aliphatic rings. The van der Waals surface area contributed by atoms with Crippen LogP contribution in [0.2, 0.25) is 0 Å². The van der Waals surface area contributed by atoms with E-state index in [9.17, 15) is 0 Å². The van der Waals surface area contributed by atoms with Gasteiger partial charge in [0.1, 0.15) is 0 Å². The van der Waals surface area contributed by atoms with Crippen LogP contribution in [0, 0.1) is 62.3 Å². The molecule has 27 aromatic rings. The summed E-state index contributed by atoms with van der Waals surface area (Å²) in [5.41, 5.74) is 29.5. The molecule has 0 N–H and O–H groups in total.